The SMILES string of the molecule is CC(C)(C)NCC1CCN(S(=O)(=O)CCS(C)(=O)=O)CC1. The molecule has 0 atom stereocenters. The standard InChI is InChI=1S/C13H28N2O4S2/c1-13(2,3)14-11-12-5-7-15(8-6-12)21(18,19)10-9-20(4,16)17/h12,14H,5-11H2,1-4H3. The zero-order chi connectivity index (χ0) is 16.3. The van der Waals surface area contributed by atoms with Gasteiger partial charge in [-0.2, -0.15) is 0 Å². The van der Waals surface area contributed by atoms with E-state index < -0.39 is 19.9 Å². The third-order valence-corrected chi connectivity index (χ3v) is 6.68. The van der Waals surface area contributed by atoms with E-state index in [2.05, 4.69) is 26.1 Å². The summed E-state index contributed by atoms with van der Waals surface area (Å²) >= 11 is 0. The van der Waals surface area contributed by atoms with Gasteiger partial charge in [-0.3, -0.25) is 0 Å². The van der Waals surface area contributed by atoms with E-state index >= 15 is 0 Å². The average Bonchev–Trinajstić information content (AvgIpc) is 2.33. The topological polar surface area (TPSA) is 83.6 Å². The molecule has 1 fully saturated rings. The Bertz CT molecular complexity index is 527. The fourth-order valence-electron chi connectivity index (χ4n) is 2.23. The summed E-state index contributed by atoms with van der Waals surface area (Å²) in [7, 11) is -6.70. The van der Waals surface area contributed by atoms with Crippen LogP contribution in [0.15, 0.2) is 0 Å². The summed E-state index contributed by atoms with van der Waals surface area (Å²) in [5.41, 5.74) is 0.0682. The molecule has 0 bridgehead atoms. The van der Waals surface area contributed by atoms with Crippen molar-refractivity contribution in [1.82, 2.24) is 9.62 Å². The number of hydrogen-bond donors (Lipinski definition) is 1. The molecule has 1 aliphatic heterocycles. The van der Waals surface area contributed by atoms with Crippen molar-refractivity contribution in [1.29, 1.82) is 0 Å². The van der Waals surface area contributed by atoms with E-state index in [1.54, 1.807) is 0 Å². The van der Waals surface area contributed by atoms with E-state index in [9.17, 15) is 16.8 Å². The first-order valence-corrected chi connectivity index (χ1v) is 11.0. The van der Waals surface area contributed by atoms with E-state index in [-0.39, 0.29) is 17.0 Å². The zero-order valence-corrected chi connectivity index (χ0v) is 15.1. The molecule has 1 aliphatic rings. The van der Waals surface area contributed by atoms with Gasteiger partial charge in [0.1, 0.15) is 9.84 Å². The number of hydrogen-bond acceptors (Lipinski definition) is 5. The van der Waals surface area contributed by atoms with Gasteiger partial charge in [0, 0.05) is 24.9 Å². The van der Waals surface area contributed by atoms with Crippen molar-refractivity contribution >= 4 is 19.9 Å². The van der Waals surface area contributed by atoms with Crippen LogP contribution in [-0.2, 0) is 19.9 Å². The lowest BCUT2D eigenvalue weighted by molar-refractivity contribution is 0.252. The minimum atomic E-state index is -3.45. The molecule has 0 radical (unpaired) electrons. The van der Waals surface area contributed by atoms with Crippen LogP contribution in [0.25, 0.3) is 0 Å². The molecule has 1 heterocycles. The second-order valence-corrected chi connectivity index (χ2v) is 11.3. The predicted molar refractivity (Wildman–Crippen MR) is 85.6 cm³/mol. The maximum absolute atomic E-state index is 12.1. The molecular weight excluding hydrogens is 312 g/mol. The van der Waals surface area contributed by atoms with Gasteiger partial charge in [0.2, 0.25) is 10.0 Å². The number of nitrogens with zero attached hydrogens (tertiary/aromatic N) is 1. The Morgan fingerprint density at radius 3 is 2.00 bits per heavy atom. The molecule has 0 aromatic heterocycles. The van der Waals surface area contributed by atoms with Crippen LogP contribution in [0.4, 0.5) is 0 Å². The van der Waals surface area contributed by atoms with Crippen LogP contribution in [0.3, 0.4) is 0 Å². The average molecular weight is 341 g/mol. The first-order chi connectivity index (χ1) is 9.39. The van der Waals surface area contributed by atoms with E-state index in [1.165, 1.54) is 4.31 Å². The highest BCUT2D eigenvalue weighted by molar-refractivity contribution is 7.93. The highest BCUT2D eigenvalue weighted by atomic mass is 32.2. The molecule has 0 spiro atoms. The summed E-state index contributed by atoms with van der Waals surface area (Å²) in [4.78, 5) is 0. The highest BCUT2D eigenvalue weighted by Gasteiger charge is 2.29. The zero-order valence-electron chi connectivity index (χ0n) is 13.4. The van der Waals surface area contributed by atoms with Gasteiger partial charge < -0.3 is 5.32 Å². The molecule has 0 aromatic rings. The number of sulfonamides is 1. The number of nitrogens with one attached hydrogen (secondary N) is 1. The largest absolute Gasteiger partial charge is 0.312 e. The van der Waals surface area contributed by atoms with Crippen LogP contribution < -0.4 is 5.32 Å². The minimum absolute atomic E-state index is 0.0682. The Morgan fingerprint density at radius 2 is 1.57 bits per heavy atom. The molecule has 1 saturated heterocycles. The van der Waals surface area contributed by atoms with Crippen molar-refractivity contribution in [2.45, 2.75) is 39.2 Å². The van der Waals surface area contributed by atoms with Gasteiger partial charge in [-0.05, 0) is 46.1 Å². The lowest BCUT2D eigenvalue weighted by Crippen LogP contribution is -2.45. The Labute approximate surface area is 129 Å². The summed E-state index contributed by atoms with van der Waals surface area (Å²) in [6, 6.07) is 0. The van der Waals surface area contributed by atoms with Crippen LogP contribution >= 0.6 is 0 Å². The fourth-order valence-corrected chi connectivity index (χ4v) is 5.31. The molecule has 8 heteroatoms. The smallest absolute Gasteiger partial charge is 0.215 e. The number of piperidine rings is 1. The lowest BCUT2D eigenvalue weighted by atomic mass is 9.97. The Kier molecular flexibility index (Phi) is 6.23. The Morgan fingerprint density at radius 1 is 1.05 bits per heavy atom. The number of rotatable bonds is 6. The molecule has 6 nitrogen and oxygen atoms in total. The third-order valence-electron chi connectivity index (χ3n) is 3.60. The second kappa shape index (κ2) is 6.93. The van der Waals surface area contributed by atoms with Gasteiger partial charge in [-0.25, -0.2) is 21.1 Å². The molecule has 1 N–H and O–H groups in total. The fraction of sp³-hybridized carbons (Fsp3) is 1.00. The van der Waals surface area contributed by atoms with Gasteiger partial charge >= 0.3 is 0 Å². The van der Waals surface area contributed by atoms with Crippen LogP contribution in [0, 0.1) is 5.92 Å². The van der Waals surface area contributed by atoms with Crippen molar-refractivity contribution in [3.05, 3.63) is 0 Å². The van der Waals surface area contributed by atoms with Crippen molar-refractivity contribution in [2.24, 2.45) is 5.92 Å². The quantitative estimate of drug-likeness (QED) is 0.759. The van der Waals surface area contributed by atoms with E-state index in [4.69, 9.17) is 0 Å². The maximum atomic E-state index is 12.1. The van der Waals surface area contributed by atoms with Crippen LogP contribution in [0.2, 0.25) is 0 Å². The van der Waals surface area contributed by atoms with Crippen molar-refractivity contribution < 1.29 is 16.8 Å². The summed E-state index contributed by atoms with van der Waals surface area (Å²) in [6.07, 6.45) is 2.70. The highest BCUT2D eigenvalue weighted by Crippen LogP contribution is 2.20. The van der Waals surface area contributed by atoms with Gasteiger partial charge in [0.15, 0.2) is 0 Å². The molecular formula is C13H28N2O4S2. The monoisotopic (exact) mass is 340 g/mol. The van der Waals surface area contributed by atoms with Crippen molar-refractivity contribution in [3.8, 4) is 0 Å². The second-order valence-electron chi connectivity index (χ2n) is 6.92. The molecule has 0 aromatic carbocycles. The van der Waals surface area contributed by atoms with E-state index in [0.717, 1.165) is 25.6 Å². The summed E-state index contributed by atoms with van der Waals surface area (Å²) in [5, 5.41) is 3.44. The van der Waals surface area contributed by atoms with Crippen LogP contribution in [0.1, 0.15) is 33.6 Å². The summed E-state index contributed by atoms with van der Waals surface area (Å²) < 4.78 is 47.8. The normalized spacial score (nSPS) is 19.8. The first-order valence-electron chi connectivity index (χ1n) is 7.30. The molecule has 0 amide bonds. The Hall–Kier alpha value is -0.180. The molecule has 126 valence electrons. The molecule has 21 heavy (non-hydrogen) atoms. The predicted octanol–water partition coefficient (Wildman–Crippen LogP) is 0.461. The molecule has 0 aliphatic carbocycles. The van der Waals surface area contributed by atoms with Crippen molar-refractivity contribution in [3.63, 3.8) is 0 Å². The van der Waals surface area contributed by atoms with Gasteiger partial charge in [-0.1, -0.05) is 0 Å². The van der Waals surface area contributed by atoms with Gasteiger partial charge in [0.25, 0.3) is 0 Å². The third kappa shape index (κ3) is 7.58. The first kappa shape index (κ1) is 18.9. The lowest BCUT2D eigenvalue weighted by Gasteiger charge is -2.33. The van der Waals surface area contributed by atoms with E-state index in [0.29, 0.717) is 19.0 Å². The minimum Gasteiger partial charge on any atom is -0.312 e. The van der Waals surface area contributed by atoms with Crippen LogP contribution in [0.5, 0.6) is 0 Å². The Balaban J connectivity index is 2.45. The summed E-state index contributed by atoms with van der Waals surface area (Å²) in [6.45, 7) is 8.19. The van der Waals surface area contributed by atoms with Gasteiger partial charge in [0.05, 0.1) is 11.5 Å². The molecule has 1 rings (SSSR count). The summed E-state index contributed by atoms with van der Waals surface area (Å²) in [5.74, 6) is -0.136. The van der Waals surface area contributed by atoms with Crippen LogP contribution in [-0.4, -0.2) is 64.1 Å². The maximum Gasteiger partial charge on any atom is 0.215 e. The number of sulfone groups is 1. The van der Waals surface area contributed by atoms with Gasteiger partial charge in [-0.15, -0.1) is 0 Å². The molecule has 0 unspecified atom stereocenters. The van der Waals surface area contributed by atoms with E-state index in [1.807, 2.05) is 0 Å². The van der Waals surface area contributed by atoms with Crippen molar-refractivity contribution in [2.75, 3.05) is 37.4 Å². The molecule has 0 saturated carbocycles.